The van der Waals surface area contributed by atoms with Gasteiger partial charge in [0.15, 0.2) is 5.78 Å². The predicted octanol–water partition coefficient (Wildman–Crippen LogP) is -1.01. The van der Waals surface area contributed by atoms with Gasteiger partial charge in [-0.3, -0.25) is 4.79 Å². The third-order valence-corrected chi connectivity index (χ3v) is 1.95. The third-order valence-electron chi connectivity index (χ3n) is 1.95. The number of hydrogen-bond acceptors (Lipinski definition) is 2. The molecule has 6 heteroatoms. The average Bonchev–Trinajstić information content (AvgIpc) is 2.16. The molecule has 0 unspecified atom stereocenters. The van der Waals surface area contributed by atoms with Crippen molar-refractivity contribution in [2.45, 2.75) is 13.1 Å². The zero-order chi connectivity index (χ0) is 12.3. The minimum atomic E-state index is -5.00. The number of ketones is 1. The monoisotopic (exact) mass is 252 g/mol. The molecular formula is C11H8F3NaO2. The number of alkyl halides is 3. The van der Waals surface area contributed by atoms with E-state index in [0.29, 0.717) is 5.56 Å². The fraction of sp³-hybridized carbons (Fsp3) is 0.182. The smallest absolute Gasteiger partial charge is 0.869 e. The van der Waals surface area contributed by atoms with Crippen LogP contribution in [0.1, 0.15) is 15.9 Å². The number of rotatable bonds is 2. The maximum Gasteiger partial charge on any atom is 1.00 e. The molecule has 0 saturated carbocycles. The van der Waals surface area contributed by atoms with Crippen LogP contribution >= 0.6 is 0 Å². The van der Waals surface area contributed by atoms with Gasteiger partial charge in [-0.05, 0) is 24.3 Å². The first-order valence-corrected chi connectivity index (χ1v) is 4.38. The van der Waals surface area contributed by atoms with Crippen LogP contribution in [0.15, 0.2) is 36.1 Å². The summed E-state index contributed by atoms with van der Waals surface area (Å²) in [4.78, 5) is 11.3. The second-order valence-corrected chi connectivity index (χ2v) is 3.19. The molecule has 0 N–H and O–H groups in total. The number of aryl methyl sites for hydroxylation is 1. The van der Waals surface area contributed by atoms with Crippen LogP contribution in [0.2, 0.25) is 0 Å². The molecule has 2 nitrogen and oxygen atoms in total. The summed E-state index contributed by atoms with van der Waals surface area (Å²) in [6.45, 7) is 1.58. The molecule has 0 radical (unpaired) electrons. The minimum absolute atomic E-state index is 0. The molecule has 0 heterocycles. The Balaban J connectivity index is 0.00000256. The SMILES string of the molecule is Cc1ccccc1C(=O)/C=C(\[O-])C(F)(F)F.[Na+]. The van der Waals surface area contributed by atoms with E-state index in [4.69, 9.17) is 0 Å². The molecule has 86 valence electrons. The minimum Gasteiger partial charge on any atom is -0.869 e. The number of hydrogen-bond donors (Lipinski definition) is 0. The molecule has 0 aliphatic carbocycles. The standard InChI is InChI=1S/C11H9F3O2.Na/c1-7-4-2-3-5-8(7)9(15)6-10(16)11(12,13)14;/h2-6,16H,1H3;/q;+1/p-1/b10-6-;. The number of carbonyl (C=O) groups excluding carboxylic acids is 1. The second-order valence-electron chi connectivity index (χ2n) is 3.19. The van der Waals surface area contributed by atoms with Crippen molar-refractivity contribution in [3.8, 4) is 0 Å². The molecule has 0 amide bonds. The van der Waals surface area contributed by atoms with E-state index in [1.807, 2.05) is 0 Å². The van der Waals surface area contributed by atoms with E-state index in [1.165, 1.54) is 12.1 Å². The molecule has 0 fully saturated rings. The Hall–Kier alpha value is -0.780. The number of carbonyl (C=O) groups is 1. The average molecular weight is 252 g/mol. The van der Waals surface area contributed by atoms with E-state index in [0.717, 1.165) is 0 Å². The second kappa shape index (κ2) is 6.23. The van der Waals surface area contributed by atoms with Crippen molar-refractivity contribution in [3.05, 3.63) is 47.2 Å². The summed E-state index contributed by atoms with van der Waals surface area (Å²) in [7, 11) is 0. The maximum atomic E-state index is 11.9. The van der Waals surface area contributed by atoms with Gasteiger partial charge in [0.25, 0.3) is 0 Å². The van der Waals surface area contributed by atoms with E-state index in [1.54, 1.807) is 19.1 Å². The van der Waals surface area contributed by atoms with Gasteiger partial charge in [-0.1, -0.05) is 24.3 Å². The van der Waals surface area contributed by atoms with Crippen LogP contribution in [0.25, 0.3) is 0 Å². The zero-order valence-electron chi connectivity index (χ0n) is 9.34. The van der Waals surface area contributed by atoms with Crippen molar-refractivity contribution in [1.82, 2.24) is 0 Å². The Morgan fingerprint density at radius 2 is 1.82 bits per heavy atom. The van der Waals surface area contributed by atoms with Crippen molar-refractivity contribution in [3.63, 3.8) is 0 Å². The fourth-order valence-corrected chi connectivity index (χ4v) is 1.13. The molecule has 0 saturated heterocycles. The number of benzene rings is 1. The summed E-state index contributed by atoms with van der Waals surface area (Å²) in [6, 6.07) is 6.13. The van der Waals surface area contributed by atoms with Crippen LogP contribution in [-0.4, -0.2) is 12.0 Å². The van der Waals surface area contributed by atoms with E-state index in [-0.39, 0.29) is 41.2 Å². The van der Waals surface area contributed by atoms with Crippen LogP contribution in [0, 0.1) is 6.92 Å². The van der Waals surface area contributed by atoms with Gasteiger partial charge in [0, 0.05) is 5.56 Å². The molecule has 0 aliphatic rings. The van der Waals surface area contributed by atoms with Crippen molar-refractivity contribution in [2.24, 2.45) is 0 Å². The topological polar surface area (TPSA) is 40.1 Å². The Morgan fingerprint density at radius 1 is 1.29 bits per heavy atom. The molecular weight excluding hydrogens is 244 g/mol. The van der Waals surface area contributed by atoms with Crippen molar-refractivity contribution < 1.29 is 52.6 Å². The van der Waals surface area contributed by atoms with Gasteiger partial charge in [-0.25, -0.2) is 0 Å². The Labute approximate surface area is 118 Å². The first-order chi connectivity index (χ1) is 7.32. The molecule has 1 aromatic rings. The van der Waals surface area contributed by atoms with Gasteiger partial charge >= 0.3 is 35.7 Å². The van der Waals surface area contributed by atoms with Crippen LogP contribution in [0.5, 0.6) is 0 Å². The normalized spacial score (nSPS) is 11.9. The first-order valence-electron chi connectivity index (χ1n) is 4.38. The number of halogens is 3. The van der Waals surface area contributed by atoms with Crippen LogP contribution in [0.4, 0.5) is 13.2 Å². The summed E-state index contributed by atoms with van der Waals surface area (Å²) in [5, 5.41) is 10.6. The molecule has 0 bridgehead atoms. The van der Waals surface area contributed by atoms with E-state index in [9.17, 15) is 23.1 Å². The largest absolute Gasteiger partial charge is 1.00 e. The van der Waals surface area contributed by atoms with E-state index >= 15 is 0 Å². The van der Waals surface area contributed by atoms with Gasteiger partial charge < -0.3 is 5.11 Å². The first kappa shape index (κ1) is 16.2. The van der Waals surface area contributed by atoms with Crippen LogP contribution < -0.4 is 34.7 Å². The molecule has 1 rings (SSSR count). The quantitative estimate of drug-likeness (QED) is 0.293. The van der Waals surface area contributed by atoms with Crippen molar-refractivity contribution in [1.29, 1.82) is 0 Å². The van der Waals surface area contributed by atoms with Gasteiger partial charge in [0.1, 0.15) is 0 Å². The van der Waals surface area contributed by atoms with Gasteiger partial charge in [-0.15, -0.1) is 0 Å². The van der Waals surface area contributed by atoms with E-state index in [2.05, 4.69) is 0 Å². The zero-order valence-corrected chi connectivity index (χ0v) is 11.3. The van der Waals surface area contributed by atoms with Crippen LogP contribution in [-0.2, 0) is 0 Å². The molecule has 0 atom stereocenters. The molecule has 0 spiro atoms. The van der Waals surface area contributed by atoms with E-state index < -0.39 is 17.7 Å². The van der Waals surface area contributed by atoms with Gasteiger partial charge in [0.2, 0.25) is 0 Å². The predicted molar refractivity (Wildman–Crippen MR) is 49.6 cm³/mol. The fourth-order valence-electron chi connectivity index (χ4n) is 1.13. The van der Waals surface area contributed by atoms with Crippen LogP contribution in [0.3, 0.4) is 0 Å². The van der Waals surface area contributed by atoms with Gasteiger partial charge in [-0.2, -0.15) is 13.2 Å². The summed E-state index contributed by atoms with van der Waals surface area (Å²) in [6.07, 6.45) is -4.93. The summed E-state index contributed by atoms with van der Waals surface area (Å²) in [5.41, 5.74) is 0.624. The molecule has 1 aromatic carbocycles. The Bertz CT molecular complexity index is 439. The summed E-state index contributed by atoms with van der Waals surface area (Å²) >= 11 is 0. The molecule has 0 aliphatic heterocycles. The molecule has 17 heavy (non-hydrogen) atoms. The number of allylic oxidation sites excluding steroid dienone is 2. The third kappa shape index (κ3) is 4.53. The Morgan fingerprint density at radius 3 is 2.29 bits per heavy atom. The summed E-state index contributed by atoms with van der Waals surface area (Å²) < 4.78 is 35.7. The Kier molecular flexibility index (Phi) is 5.95. The van der Waals surface area contributed by atoms with Crippen molar-refractivity contribution >= 4 is 5.78 Å². The molecule has 0 aromatic heterocycles. The van der Waals surface area contributed by atoms with Crippen molar-refractivity contribution in [2.75, 3.05) is 0 Å². The summed E-state index contributed by atoms with van der Waals surface area (Å²) in [5.74, 6) is -3.07. The van der Waals surface area contributed by atoms with Gasteiger partial charge in [0.05, 0.1) is 0 Å². The maximum absolute atomic E-state index is 11.9.